The number of piperazine rings is 1. The number of carboxylic acid groups (broad SMARTS) is 2. The van der Waals surface area contributed by atoms with Crippen molar-refractivity contribution < 1.29 is 38.9 Å². The second-order valence-electron chi connectivity index (χ2n) is 8.72. The van der Waals surface area contributed by atoms with E-state index in [0.717, 1.165) is 0 Å². The summed E-state index contributed by atoms with van der Waals surface area (Å²) >= 11 is 0. The fourth-order valence-electron chi connectivity index (χ4n) is 4.01. The minimum Gasteiger partial charge on any atom is -0.483 e. The normalized spacial score (nSPS) is 13.3. The molecule has 0 radical (unpaired) electrons. The van der Waals surface area contributed by atoms with Gasteiger partial charge in [0.15, 0.2) is 11.6 Å². The van der Waals surface area contributed by atoms with E-state index >= 15 is 0 Å². The largest absolute Gasteiger partial charge is 0.483 e. The van der Waals surface area contributed by atoms with E-state index < -0.39 is 29.9 Å². The van der Waals surface area contributed by atoms with Gasteiger partial charge in [0.25, 0.3) is 12.4 Å². The van der Waals surface area contributed by atoms with Crippen LogP contribution in [0.25, 0.3) is 17.2 Å². The Hall–Kier alpha value is -5.41. The first kappa shape index (κ1) is 31.1. The molecule has 1 atom stereocenters. The molecule has 0 spiro atoms. The van der Waals surface area contributed by atoms with Crippen LogP contribution >= 0.6 is 0 Å². The van der Waals surface area contributed by atoms with Gasteiger partial charge in [-0.1, -0.05) is 30.3 Å². The lowest BCUT2D eigenvalue weighted by Crippen LogP contribution is -2.56. The molecular weight excluding hydrogens is 552 g/mol. The Morgan fingerprint density at radius 3 is 2.33 bits per heavy atom. The number of carbonyl (C=O) groups is 5. The summed E-state index contributed by atoms with van der Waals surface area (Å²) in [7, 11) is 0. The molecule has 0 saturated carbocycles. The number of amides is 3. The maximum Gasteiger partial charge on any atom is 0.409 e. The highest BCUT2D eigenvalue weighted by molar-refractivity contribution is 5.97. The van der Waals surface area contributed by atoms with Crippen LogP contribution < -0.4 is 5.32 Å². The van der Waals surface area contributed by atoms with Gasteiger partial charge < -0.3 is 30.1 Å². The third kappa shape index (κ3) is 8.54. The first-order valence-corrected chi connectivity index (χ1v) is 12.9. The first-order chi connectivity index (χ1) is 20.3. The van der Waals surface area contributed by atoms with Crippen LogP contribution in [-0.4, -0.2) is 114 Å². The number of hydrogen-bond acceptors (Lipinski definition) is 10. The van der Waals surface area contributed by atoms with Crippen molar-refractivity contribution in [2.24, 2.45) is 0 Å². The van der Waals surface area contributed by atoms with Gasteiger partial charge >= 0.3 is 12.1 Å². The summed E-state index contributed by atoms with van der Waals surface area (Å²) in [6.45, 7) is 2.67. The molecule has 3 amide bonds. The Bertz CT molecular complexity index is 1360. The quantitative estimate of drug-likeness (QED) is 0.298. The lowest BCUT2D eigenvalue weighted by molar-refractivity contribution is -0.138. The predicted molar refractivity (Wildman–Crippen MR) is 144 cm³/mol. The van der Waals surface area contributed by atoms with Crippen LogP contribution in [0, 0.1) is 0 Å². The molecule has 1 aromatic carbocycles. The van der Waals surface area contributed by atoms with E-state index in [0.29, 0.717) is 5.56 Å². The summed E-state index contributed by atoms with van der Waals surface area (Å²) < 4.78 is 6.38. The van der Waals surface area contributed by atoms with E-state index in [2.05, 4.69) is 25.4 Å². The van der Waals surface area contributed by atoms with Crippen molar-refractivity contribution in [1.29, 1.82) is 0 Å². The van der Waals surface area contributed by atoms with Crippen molar-refractivity contribution in [3.8, 4) is 17.2 Å². The number of carbonyl (C=O) groups excluding carboxylic acids is 3. The summed E-state index contributed by atoms with van der Waals surface area (Å²) in [6, 6.07) is 9.32. The van der Waals surface area contributed by atoms with Gasteiger partial charge in [-0.25, -0.2) is 24.4 Å². The van der Waals surface area contributed by atoms with Crippen molar-refractivity contribution in [1.82, 2.24) is 39.8 Å². The van der Waals surface area contributed by atoms with Crippen LogP contribution in [-0.2, 0) is 19.1 Å². The molecule has 1 saturated heterocycles. The smallest absolute Gasteiger partial charge is 0.409 e. The molecule has 1 unspecified atom stereocenters. The maximum absolute atomic E-state index is 13.4. The molecule has 42 heavy (non-hydrogen) atoms. The Kier molecular flexibility index (Phi) is 11.4. The van der Waals surface area contributed by atoms with Crippen LogP contribution in [0.4, 0.5) is 4.79 Å². The minimum absolute atomic E-state index is 0.0328. The fraction of sp³-hybridized carbons (Fsp3) is 0.346. The molecule has 1 fully saturated rings. The number of carboxylic acids is 1. The van der Waals surface area contributed by atoms with E-state index in [1.807, 2.05) is 18.2 Å². The Morgan fingerprint density at radius 1 is 1.07 bits per heavy atom. The van der Waals surface area contributed by atoms with Gasteiger partial charge in [-0.15, -0.1) is 0 Å². The highest BCUT2D eigenvalue weighted by Crippen LogP contribution is 2.18. The molecule has 1 aliphatic rings. The zero-order valence-electron chi connectivity index (χ0n) is 22.7. The number of nitrogens with zero attached hydrogens (tertiary/aromatic N) is 7. The second-order valence-corrected chi connectivity index (χ2v) is 8.72. The van der Waals surface area contributed by atoms with Crippen LogP contribution in [0.5, 0.6) is 0 Å². The average molecular weight is 583 g/mol. The Morgan fingerprint density at radius 2 is 1.74 bits per heavy atom. The number of hydrogen-bond donors (Lipinski definition) is 3. The van der Waals surface area contributed by atoms with E-state index in [1.165, 1.54) is 33.2 Å². The maximum atomic E-state index is 13.4. The Labute approximate surface area is 240 Å². The van der Waals surface area contributed by atoms with Gasteiger partial charge in [-0.05, 0) is 13.3 Å². The van der Waals surface area contributed by atoms with Gasteiger partial charge in [-0.2, -0.15) is 5.10 Å². The summed E-state index contributed by atoms with van der Waals surface area (Å²) in [6.07, 6.45) is 1.84. The summed E-state index contributed by atoms with van der Waals surface area (Å²) in [5.74, 6) is -1.67. The van der Waals surface area contributed by atoms with Gasteiger partial charge in [-0.3, -0.25) is 19.2 Å². The van der Waals surface area contributed by atoms with E-state index in [-0.39, 0.29) is 69.4 Å². The molecule has 16 nitrogen and oxygen atoms in total. The average Bonchev–Trinajstić information content (AvgIpc) is 3.55. The molecular formula is C26H30N8O8. The van der Waals surface area contributed by atoms with Crippen LogP contribution in [0.2, 0.25) is 0 Å². The van der Waals surface area contributed by atoms with Crippen molar-refractivity contribution in [3.63, 3.8) is 0 Å². The summed E-state index contributed by atoms with van der Waals surface area (Å²) in [5, 5.41) is 22.8. The molecule has 0 bridgehead atoms. The van der Waals surface area contributed by atoms with Gasteiger partial charge in [0.1, 0.15) is 24.4 Å². The lowest BCUT2D eigenvalue weighted by atomic mass is 10.1. The number of aliphatic carboxylic acids is 1. The van der Waals surface area contributed by atoms with E-state index in [4.69, 9.17) is 14.6 Å². The molecule has 1 aliphatic heterocycles. The Balaban J connectivity index is 0.00000155. The standard InChI is InChI=1S/C25H28N8O6.CH2O2/c1-2-39-25(38)32-12-10-31(11-13-32)24(37)18(8-9-21(34)35)29-23(36)19-14-20(33-16-26-15-27-33)30-22(28-19)17-6-4-3-5-7-17;2-1-3/h3-7,14-16,18H,2,8-13H2,1H3,(H,29,36)(H,34,35);1H,(H,2,3). The third-order valence-electron chi connectivity index (χ3n) is 6.00. The minimum atomic E-state index is -1.12. The van der Waals surface area contributed by atoms with Crippen LogP contribution in [0.1, 0.15) is 30.3 Å². The monoisotopic (exact) mass is 582 g/mol. The van der Waals surface area contributed by atoms with E-state index in [1.54, 1.807) is 19.1 Å². The van der Waals surface area contributed by atoms with Crippen molar-refractivity contribution >= 4 is 30.3 Å². The fourth-order valence-corrected chi connectivity index (χ4v) is 4.01. The SMILES string of the molecule is CCOC(=O)N1CCN(C(=O)C(CCC(=O)O)NC(=O)c2cc(-n3cncn3)nc(-c3ccccc3)n2)CC1.O=CO. The number of rotatable bonds is 9. The first-order valence-electron chi connectivity index (χ1n) is 12.9. The zero-order chi connectivity index (χ0) is 30.5. The van der Waals surface area contributed by atoms with Crippen molar-refractivity contribution in [2.45, 2.75) is 25.8 Å². The van der Waals surface area contributed by atoms with Crippen LogP contribution in [0.3, 0.4) is 0 Å². The number of benzene rings is 1. The lowest BCUT2D eigenvalue weighted by Gasteiger charge is -2.35. The topological polar surface area (TPSA) is 210 Å². The predicted octanol–water partition coefficient (Wildman–Crippen LogP) is 0.689. The highest BCUT2D eigenvalue weighted by Gasteiger charge is 2.31. The van der Waals surface area contributed by atoms with Gasteiger partial charge in [0.2, 0.25) is 5.91 Å². The molecule has 0 aliphatic carbocycles. The molecule has 16 heteroatoms. The second kappa shape index (κ2) is 15.4. The number of ether oxygens (including phenoxy) is 1. The van der Waals surface area contributed by atoms with Crippen LogP contribution in [0.15, 0.2) is 49.1 Å². The third-order valence-corrected chi connectivity index (χ3v) is 6.00. The molecule has 4 rings (SSSR count). The van der Waals surface area contributed by atoms with Crippen molar-refractivity contribution in [2.75, 3.05) is 32.8 Å². The van der Waals surface area contributed by atoms with Gasteiger partial charge in [0.05, 0.1) is 6.61 Å². The number of aromatic nitrogens is 5. The van der Waals surface area contributed by atoms with E-state index in [9.17, 15) is 24.3 Å². The zero-order valence-corrected chi connectivity index (χ0v) is 22.7. The highest BCUT2D eigenvalue weighted by atomic mass is 16.6. The summed E-state index contributed by atoms with van der Waals surface area (Å²) in [5.41, 5.74) is 0.626. The summed E-state index contributed by atoms with van der Waals surface area (Å²) in [4.78, 5) is 74.1. The molecule has 3 N–H and O–H groups in total. The molecule has 2 aromatic heterocycles. The van der Waals surface area contributed by atoms with Gasteiger partial charge in [0, 0.05) is 44.2 Å². The van der Waals surface area contributed by atoms with Crippen molar-refractivity contribution in [3.05, 3.63) is 54.7 Å². The molecule has 222 valence electrons. The number of nitrogens with one attached hydrogen (secondary N) is 1. The molecule has 3 aromatic rings. The molecule has 3 heterocycles.